The zero-order chi connectivity index (χ0) is 22.5. The highest BCUT2D eigenvalue weighted by atomic mass is 16.4. The largest absolute Gasteiger partial charge is 0.481 e. The van der Waals surface area contributed by atoms with Crippen LogP contribution in [0.2, 0.25) is 0 Å². The number of hydrogen-bond acceptors (Lipinski definition) is 3. The van der Waals surface area contributed by atoms with Crippen LogP contribution < -0.4 is 9.80 Å². The molecule has 1 saturated heterocycles. The molecule has 170 valence electrons. The van der Waals surface area contributed by atoms with Gasteiger partial charge in [0.2, 0.25) is 0 Å². The molecule has 0 aromatic heterocycles. The first-order valence-corrected chi connectivity index (χ1v) is 11.8. The van der Waals surface area contributed by atoms with Crippen LogP contribution in [0.1, 0.15) is 42.9 Å². The fourth-order valence-electron chi connectivity index (χ4n) is 4.64. The summed E-state index contributed by atoms with van der Waals surface area (Å²) in [6, 6.07) is 14.2. The van der Waals surface area contributed by atoms with Gasteiger partial charge in [-0.25, -0.2) is 4.79 Å². The summed E-state index contributed by atoms with van der Waals surface area (Å²) in [4.78, 5) is 30.2. The molecule has 1 fully saturated rings. The van der Waals surface area contributed by atoms with Gasteiger partial charge in [-0.1, -0.05) is 31.5 Å². The summed E-state index contributed by atoms with van der Waals surface area (Å²) >= 11 is 0. The van der Waals surface area contributed by atoms with E-state index in [1.807, 2.05) is 29.2 Å². The Balaban J connectivity index is 1.42. The number of unbranched alkanes of at least 4 members (excludes halogenated alkanes) is 1. The third-order valence-electron chi connectivity index (χ3n) is 6.61. The minimum Gasteiger partial charge on any atom is -0.481 e. The molecule has 2 aromatic rings. The summed E-state index contributed by atoms with van der Waals surface area (Å²) in [5.74, 6) is -0.797. The van der Waals surface area contributed by atoms with E-state index >= 15 is 0 Å². The van der Waals surface area contributed by atoms with Crippen molar-refractivity contribution in [2.45, 2.75) is 45.4 Å². The summed E-state index contributed by atoms with van der Waals surface area (Å²) in [6.45, 7) is 6.93. The van der Waals surface area contributed by atoms with E-state index in [1.165, 1.54) is 30.5 Å². The van der Waals surface area contributed by atoms with Gasteiger partial charge in [-0.05, 0) is 73.2 Å². The van der Waals surface area contributed by atoms with Crippen molar-refractivity contribution < 1.29 is 14.7 Å². The minimum absolute atomic E-state index is 0.00132. The molecule has 32 heavy (non-hydrogen) atoms. The molecule has 0 spiro atoms. The predicted molar refractivity (Wildman–Crippen MR) is 128 cm³/mol. The number of rotatable bonds is 8. The Labute approximate surface area is 190 Å². The molecule has 6 nitrogen and oxygen atoms in total. The lowest BCUT2D eigenvalue weighted by atomic mass is 10.0. The second kappa shape index (κ2) is 10.2. The van der Waals surface area contributed by atoms with Crippen molar-refractivity contribution in [1.82, 2.24) is 4.90 Å². The second-order valence-corrected chi connectivity index (χ2v) is 8.79. The molecule has 0 saturated carbocycles. The van der Waals surface area contributed by atoms with Gasteiger partial charge in [-0.3, -0.25) is 14.6 Å². The predicted octanol–water partition coefficient (Wildman–Crippen LogP) is 4.35. The van der Waals surface area contributed by atoms with Crippen LogP contribution in [-0.4, -0.2) is 54.7 Å². The van der Waals surface area contributed by atoms with Gasteiger partial charge < -0.3 is 10.0 Å². The Morgan fingerprint density at radius 1 is 0.906 bits per heavy atom. The number of fused-ring (bicyclic) bond motifs is 1. The fraction of sp³-hybridized carbons (Fsp3) is 0.462. The van der Waals surface area contributed by atoms with Crippen molar-refractivity contribution in [2.75, 3.05) is 42.5 Å². The molecule has 2 heterocycles. The van der Waals surface area contributed by atoms with Crippen molar-refractivity contribution in [1.29, 1.82) is 0 Å². The van der Waals surface area contributed by atoms with Gasteiger partial charge in [0.05, 0.1) is 0 Å². The molecule has 6 heteroatoms. The average molecular weight is 436 g/mol. The number of carboxylic acids is 1. The molecule has 2 aliphatic heterocycles. The van der Waals surface area contributed by atoms with E-state index < -0.39 is 5.97 Å². The van der Waals surface area contributed by atoms with Crippen LogP contribution in [-0.2, 0) is 24.1 Å². The first kappa shape index (κ1) is 22.3. The molecule has 4 rings (SSSR count). The summed E-state index contributed by atoms with van der Waals surface area (Å²) < 4.78 is 0. The third-order valence-corrected chi connectivity index (χ3v) is 6.61. The number of carboxylic acid groups (broad SMARTS) is 1. The molecule has 2 aliphatic rings. The van der Waals surface area contributed by atoms with Gasteiger partial charge in [0.15, 0.2) is 0 Å². The van der Waals surface area contributed by atoms with Crippen LogP contribution in [0.15, 0.2) is 42.5 Å². The zero-order valence-corrected chi connectivity index (χ0v) is 18.9. The third kappa shape index (κ3) is 5.13. The summed E-state index contributed by atoms with van der Waals surface area (Å²) in [7, 11) is 0. The number of urea groups is 1. The summed E-state index contributed by atoms with van der Waals surface area (Å²) in [6.07, 6.45) is 5.21. The maximum absolute atomic E-state index is 13.2. The van der Waals surface area contributed by atoms with Crippen LogP contribution in [0.3, 0.4) is 0 Å². The molecule has 0 bridgehead atoms. The average Bonchev–Trinajstić information content (AvgIpc) is 3.06. The Kier molecular flexibility index (Phi) is 7.10. The molecule has 0 atom stereocenters. The molecule has 0 aliphatic carbocycles. The molecule has 0 unspecified atom stereocenters. The van der Waals surface area contributed by atoms with Crippen molar-refractivity contribution in [3.05, 3.63) is 59.2 Å². The quantitative estimate of drug-likeness (QED) is 0.670. The van der Waals surface area contributed by atoms with Gasteiger partial charge in [-0.15, -0.1) is 0 Å². The lowest BCUT2D eigenvalue weighted by Crippen LogP contribution is -2.31. The number of hydrogen-bond donors (Lipinski definition) is 1. The van der Waals surface area contributed by atoms with Crippen LogP contribution in [0, 0.1) is 0 Å². The van der Waals surface area contributed by atoms with E-state index in [2.05, 4.69) is 30.0 Å². The van der Waals surface area contributed by atoms with Crippen molar-refractivity contribution in [2.24, 2.45) is 0 Å². The molecule has 0 radical (unpaired) electrons. The van der Waals surface area contributed by atoms with Gasteiger partial charge >= 0.3 is 12.0 Å². The minimum atomic E-state index is -0.797. The number of anilines is 2. The molecular formula is C26H33N3O3. The number of carbonyl (C=O) groups is 2. The normalized spacial score (nSPS) is 16.8. The van der Waals surface area contributed by atoms with Gasteiger partial charge in [0.1, 0.15) is 0 Å². The highest BCUT2D eigenvalue weighted by molar-refractivity contribution is 6.06. The summed E-state index contributed by atoms with van der Waals surface area (Å²) in [5.41, 5.74) is 5.59. The maximum atomic E-state index is 13.2. The molecule has 2 amide bonds. The van der Waals surface area contributed by atoms with E-state index in [1.54, 1.807) is 4.90 Å². The van der Waals surface area contributed by atoms with Gasteiger partial charge in [0, 0.05) is 44.0 Å². The van der Waals surface area contributed by atoms with E-state index in [-0.39, 0.29) is 12.5 Å². The first-order valence-electron chi connectivity index (χ1n) is 11.8. The van der Waals surface area contributed by atoms with E-state index in [4.69, 9.17) is 5.11 Å². The number of benzene rings is 2. The number of aliphatic carboxylic acids is 1. The second-order valence-electron chi connectivity index (χ2n) is 8.79. The Bertz CT molecular complexity index is 957. The van der Waals surface area contributed by atoms with Gasteiger partial charge in [-0.2, -0.15) is 0 Å². The topological polar surface area (TPSA) is 64.1 Å². The van der Waals surface area contributed by atoms with Crippen molar-refractivity contribution in [3.63, 3.8) is 0 Å². The lowest BCUT2D eigenvalue weighted by Gasteiger charge is -2.20. The van der Waals surface area contributed by atoms with Crippen LogP contribution in [0.4, 0.5) is 16.2 Å². The van der Waals surface area contributed by atoms with E-state index in [9.17, 15) is 9.59 Å². The Hall–Kier alpha value is -2.86. The monoisotopic (exact) mass is 435 g/mol. The maximum Gasteiger partial charge on any atom is 0.329 e. The molecule has 2 aromatic carbocycles. The summed E-state index contributed by atoms with van der Waals surface area (Å²) in [5, 5.41) is 8.85. The first-order chi connectivity index (χ1) is 15.5. The van der Waals surface area contributed by atoms with Crippen molar-refractivity contribution >= 4 is 23.4 Å². The number of nitrogens with zero attached hydrogens (tertiary/aromatic N) is 3. The Morgan fingerprint density at radius 3 is 2.25 bits per heavy atom. The zero-order valence-electron chi connectivity index (χ0n) is 18.9. The van der Waals surface area contributed by atoms with Crippen LogP contribution in [0.25, 0.3) is 0 Å². The number of amides is 2. The van der Waals surface area contributed by atoms with Crippen molar-refractivity contribution in [3.8, 4) is 0 Å². The van der Waals surface area contributed by atoms with E-state index in [0.717, 1.165) is 42.9 Å². The van der Waals surface area contributed by atoms with E-state index in [0.29, 0.717) is 19.5 Å². The standard InChI is InChI=1S/C26H33N3O3/c1-2-3-14-27-15-12-21-7-10-24(19-22(21)13-16-27)29-18-17-28(26(29)32)23-8-4-20(5-9-23)6-11-25(30)31/h4-5,7-10,19H,2-3,6,11-18H2,1H3,(H,30,31). The molecular weight excluding hydrogens is 402 g/mol. The molecule has 1 N–H and O–H groups in total. The number of aryl methyl sites for hydroxylation is 1. The van der Waals surface area contributed by atoms with Crippen LogP contribution >= 0.6 is 0 Å². The SMILES string of the molecule is CCCCN1CCc2ccc(N3CCN(c4ccc(CCC(=O)O)cc4)C3=O)cc2CC1. The Morgan fingerprint density at radius 2 is 1.56 bits per heavy atom. The van der Waals surface area contributed by atoms with Crippen LogP contribution in [0.5, 0.6) is 0 Å². The lowest BCUT2D eigenvalue weighted by molar-refractivity contribution is -0.136. The number of carbonyl (C=O) groups excluding carboxylic acids is 1. The highest BCUT2D eigenvalue weighted by Gasteiger charge is 2.31. The highest BCUT2D eigenvalue weighted by Crippen LogP contribution is 2.28. The van der Waals surface area contributed by atoms with Gasteiger partial charge in [0.25, 0.3) is 0 Å². The fourth-order valence-corrected chi connectivity index (χ4v) is 4.64. The smallest absolute Gasteiger partial charge is 0.329 e.